The summed E-state index contributed by atoms with van der Waals surface area (Å²) in [6.45, 7) is 0. The second kappa shape index (κ2) is 8.24. The molecule has 0 unspecified atom stereocenters. The van der Waals surface area contributed by atoms with Crippen LogP contribution in [0.3, 0.4) is 0 Å². The highest BCUT2D eigenvalue weighted by Crippen LogP contribution is 2.28. The third-order valence-corrected chi connectivity index (χ3v) is 5.50. The van der Waals surface area contributed by atoms with Gasteiger partial charge in [-0.1, -0.05) is 30.3 Å². The summed E-state index contributed by atoms with van der Waals surface area (Å²) >= 11 is 1.24. The molecular weight excluding hydrogens is 432 g/mol. The van der Waals surface area contributed by atoms with Crippen LogP contribution in [0, 0.1) is 11.6 Å². The van der Waals surface area contributed by atoms with E-state index in [1.807, 2.05) is 30.3 Å². The van der Waals surface area contributed by atoms with Crippen LogP contribution in [0.4, 0.5) is 14.5 Å². The summed E-state index contributed by atoms with van der Waals surface area (Å²) in [5.74, 6) is -0.769. The van der Waals surface area contributed by atoms with E-state index in [9.17, 15) is 13.9 Å². The lowest BCUT2D eigenvalue weighted by molar-refractivity contribution is 0.475. The number of aromatic hydroxyl groups is 1. The maximum Gasteiger partial charge on any atom is 0.211 e. The fraction of sp³-hybridized carbons (Fsp3) is 0. The zero-order valence-corrected chi connectivity index (χ0v) is 17.3. The fourth-order valence-electron chi connectivity index (χ4n) is 3.17. The van der Waals surface area contributed by atoms with E-state index in [-0.39, 0.29) is 11.4 Å². The van der Waals surface area contributed by atoms with Gasteiger partial charge in [0.05, 0.1) is 6.21 Å². The molecule has 0 amide bonds. The molecule has 5 rings (SSSR count). The number of rotatable bonds is 4. The first-order valence-electron chi connectivity index (χ1n) is 9.59. The summed E-state index contributed by atoms with van der Waals surface area (Å²) in [5, 5.41) is 17.0. The molecule has 2 heterocycles. The lowest BCUT2D eigenvalue weighted by Gasteiger charge is -2.01. The first-order chi connectivity index (χ1) is 15.6. The predicted molar refractivity (Wildman–Crippen MR) is 120 cm³/mol. The smallest absolute Gasteiger partial charge is 0.211 e. The fourth-order valence-corrected chi connectivity index (χ4v) is 4.00. The highest BCUT2D eigenvalue weighted by molar-refractivity contribution is 7.07. The molecule has 32 heavy (non-hydrogen) atoms. The minimum atomic E-state index is -0.771. The van der Waals surface area contributed by atoms with Crippen molar-refractivity contribution in [1.29, 1.82) is 0 Å². The molecule has 0 atom stereocenters. The lowest BCUT2D eigenvalue weighted by Crippen LogP contribution is -2.11. The first kappa shape index (κ1) is 19.9. The Morgan fingerprint density at radius 2 is 1.84 bits per heavy atom. The Labute approximate surface area is 184 Å². The largest absolute Gasteiger partial charge is 0.508 e. The number of phenolic OH excluding ortho intramolecular Hbond substituents is 1. The second-order valence-electron chi connectivity index (χ2n) is 6.91. The van der Waals surface area contributed by atoms with Gasteiger partial charge in [-0.15, -0.1) is 11.3 Å². The Balaban J connectivity index is 1.67. The van der Waals surface area contributed by atoms with Crippen molar-refractivity contribution in [2.45, 2.75) is 0 Å². The lowest BCUT2D eigenvalue weighted by atomic mass is 10.2. The topological polar surface area (TPSA) is 63.0 Å². The van der Waals surface area contributed by atoms with Gasteiger partial charge >= 0.3 is 0 Å². The third-order valence-electron chi connectivity index (χ3n) is 4.68. The van der Waals surface area contributed by atoms with E-state index in [1.54, 1.807) is 35.9 Å². The number of para-hydroxylation sites is 1. The van der Waals surface area contributed by atoms with E-state index >= 15 is 0 Å². The van der Waals surface area contributed by atoms with E-state index < -0.39 is 11.6 Å². The third kappa shape index (κ3) is 3.95. The molecule has 0 aliphatic rings. The van der Waals surface area contributed by atoms with Crippen molar-refractivity contribution in [3.8, 4) is 17.2 Å². The number of fused-ring (bicyclic) bond motifs is 1. The number of phenols is 1. The molecule has 0 aliphatic carbocycles. The molecule has 3 aromatic carbocycles. The molecule has 5 aromatic rings. The number of hydrogen-bond donors (Lipinski definition) is 1. The summed E-state index contributed by atoms with van der Waals surface area (Å²) in [4.78, 5) is 4.71. The van der Waals surface area contributed by atoms with Crippen LogP contribution in [0.2, 0.25) is 0 Å². The van der Waals surface area contributed by atoms with Gasteiger partial charge in [-0.25, -0.2) is 18.4 Å². The number of halogens is 2. The normalized spacial score (nSPS) is 12.2. The van der Waals surface area contributed by atoms with E-state index in [1.165, 1.54) is 22.1 Å². The number of furan rings is 1. The molecule has 0 saturated carbocycles. The SMILES string of the molecule is Oc1cccc(C=Nn2c(-c3cc4ccccc4o3)csc2=Nc2ccc(F)cc2F)c1. The van der Waals surface area contributed by atoms with Crippen molar-refractivity contribution in [2.24, 2.45) is 10.1 Å². The Morgan fingerprint density at radius 3 is 2.66 bits per heavy atom. The minimum absolute atomic E-state index is 0.00860. The molecule has 5 nitrogen and oxygen atoms in total. The number of hydrogen-bond acceptors (Lipinski definition) is 5. The molecule has 2 aromatic heterocycles. The minimum Gasteiger partial charge on any atom is -0.508 e. The summed E-state index contributed by atoms with van der Waals surface area (Å²) in [6.07, 6.45) is 1.55. The van der Waals surface area contributed by atoms with Crippen molar-refractivity contribution in [3.05, 3.63) is 100 Å². The van der Waals surface area contributed by atoms with Crippen molar-refractivity contribution < 1.29 is 18.3 Å². The Morgan fingerprint density at radius 1 is 0.969 bits per heavy atom. The Bertz CT molecular complexity index is 1500. The molecule has 0 spiro atoms. The molecule has 0 radical (unpaired) electrons. The van der Waals surface area contributed by atoms with Crippen molar-refractivity contribution in [2.75, 3.05) is 0 Å². The van der Waals surface area contributed by atoms with Crippen LogP contribution in [0.15, 0.2) is 92.7 Å². The Hall–Kier alpha value is -4.04. The van der Waals surface area contributed by atoms with Crippen LogP contribution in [0.1, 0.15) is 5.56 Å². The van der Waals surface area contributed by atoms with Gasteiger partial charge < -0.3 is 9.52 Å². The number of thiazole rings is 1. The molecule has 158 valence electrons. The van der Waals surface area contributed by atoms with Crippen LogP contribution in [0.5, 0.6) is 5.75 Å². The maximum atomic E-state index is 14.2. The van der Waals surface area contributed by atoms with Crippen molar-refractivity contribution in [3.63, 3.8) is 0 Å². The van der Waals surface area contributed by atoms with Crippen molar-refractivity contribution in [1.82, 2.24) is 4.68 Å². The van der Waals surface area contributed by atoms with Gasteiger partial charge in [0.2, 0.25) is 4.80 Å². The molecule has 8 heteroatoms. The van der Waals surface area contributed by atoms with E-state index in [2.05, 4.69) is 10.1 Å². The summed E-state index contributed by atoms with van der Waals surface area (Å²) in [6, 6.07) is 19.3. The Kier molecular flexibility index (Phi) is 5.12. The molecular formula is C24H15F2N3O2S. The zero-order chi connectivity index (χ0) is 22.1. The molecule has 0 aliphatic heterocycles. The van der Waals surface area contributed by atoms with Gasteiger partial charge in [-0.2, -0.15) is 5.10 Å². The van der Waals surface area contributed by atoms with Crippen LogP contribution < -0.4 is 4.80 Å². The summed E-state index contributed by atoms with van der Waals surface area (Å²) in [7, 11) is 0. The first-order valence-corrected chi connectivity index (χ1v) is 10.5. The number of aromatic nitrogens is 1. The van der Waals surface area contributed by atoms with E-state index in [0.717, 1.165) is 23.1 Å². The molecule has 0 bridgehead atoms. The van der Waals surface area contributed by atoms with E-state index in [0.29, 0.717) is 21.8 Å². The van der Waals surface area contributed by atoms with Gasteiger partial charge in [-0.05, 0) is 42.0 Å². The van der Waals surface area contributed by atoms with Gasteiger partial charge in [0.15, 0.2) is 11.6 Å². The summed E-state index contributed by atoms with van der Waals surface area (Å²) in [5.41, 5.74) is 1.99. The van der Waals surface area contributed by atoms with Crippen LogP contribution >= 0.6 is 11.3 Å². The van der Waals surface area contributed by atoms with Gasteiger partial charge in [0.25, 0.3) is 0 Å². The molecule has 0 saturated heterocycles. The average molecular weight is 447 g/mol. The highest BCUT2D eigenvalue weighted by Gasteiger charge is 2.13. The molecule has 1 N–H and O–H groups in total. The van der Waals surface area contributed by atoms with Crippen LogP contribution in [-0.2, 0) is 0 Å². The van der Waals surface area contributed by atoms with Crippen LogP contribution in [0.25, 0.3) is 22.4 Å². The van der Waals surface area contributed by atoms with Crippen molar-refractivity contribution >= 4 is 34.2 Å². The average Bonchev–Trinajstić information content (AvgIpc) is 3.38. The standard InChI is InChI=1S/C24H15F2N3O2S/c25-17-8-9-20(19(26)12-17)28-24-29(27-13-15-4-3-6-18(30)10-15)21(14-32-24)23-11-16-5-1-2-7-22(16)31-23/h1-14,30H. The van der Waals surface area contributed by atoms with E-state index in [4.69, 9.17) is 4.42 Å². The number of benzene rings is 3. The second-order valence-corrected chi connectivity index (χ2v) is 7.75. The van der Waals surface area contributed by atoms with Gasteiger partial charge in [0, 0.05) is 16.8 Å². The molecule has 0 fully saturated rings. The van der Waals surface area contributed by atoms with Gasteiger partial charge in [0.1, 0.15) is 28.5 Å². The zero-order valence-electron chi connectivity index (χ0n) is 16.4. The number of nitrogens with zero attached hydrogens (tertiary/aromatic N) is 3. The monoisotopic (exact) mass is 447 g/mol. The van der Waals surface area contributed by atoms with Gasteiger partial charge in [-0.3, -0.25) is 0 Å². The van der Waals surface area contributed by atoms with Crippen LogP contribution in [-0.4, -0.2) is 16.0 Å². The quantitative estimate of drug-likeness (QED) is 0.340. The maximum absolute atomic E-state index is 14.2. The predicted octanol–water partition coefficient (Wildman–Crippen LogP) is 6.06. The summed E-state index contributed by atoms with van der Waals surface area (Å²) < 4.78 is 35.0. The highest BCUT2D eigenvalue weighted by atomic mass is 32.1.